The Morgan fingerprint density at radius 3 is 1.37 bits per heavy atom. The predicted molar refractivity (Wildman–Crippen MR) is 245 cm³/mol. The van der Waals surface area contributed by atoms with Crippen molar-refractivity contribution in [1.29, 1.82) is 0 Å². The summed E-state index contributed by atoms with van der Waals surface area (Å²) in [5, 5.41) is 9.82. The van der Waals surface area contributed by atoms with Crippen molar-refractivity contribution in [3.63, 3.8) is 0 Å². The van der Waals surface area contributed by atoms with E-state index in [2.05, 4.69) is 211 Å². The van der Waals surface area contributed by atoms with Crippen molar-refractivity contribution in [2.75, 3.05) is 0 Å². The molecule has 0 saturated carbocycles. The lowest BCUT2D eigenvalue weighted by Crippen LogP contribution is -2.12. The van der Waals surface area contributed by atoms with Crippen LogP contribution in [0.3, 0.4) is 0 Å². The van der Waals surface area contributed by atoms with Gasteiger partial charge in [-0.2, -0.15) is 0 Å². The third-order valence-corrected chi connectivity index (χ3v) is 11.9. The SMILES string of the molecule is CC(C)(C)c1cc(-c2cc(-c3cc4ccccc4c4c3oc3ccccc34)cc(C(C)(C)C)c2)cc(-c2c3ccccc3c(-c3ccccc3)c3ccccc23)c1. The highest BCUT2D eigenvalue weighted by Crippen LogP contribution is 2.47. The lowest BCUT2D eigenvalue weighted by molar-refractivity contribution is 0.589. The lowest BCUT2D eigenvalue weighted by Gasteiger charge is -2.25. The van der Waals surface area contributed by atoms with Crippen LogP contribution in [0.2, 0.25) is 0 Å². The van der Waals surface area contributed by atoms with Crippen LogP contribution in [0.5, 0.6) is 0 Å². The maximum Gasteiger partial charge on any atom is 0.143 e. The van der Waals surface area contributed by atoms with Crippen LogP contribution >= 0.6 is 0 Å². The quantitative estimate of drug-likeness (QED) is 0.164. The fourth-order valence-electron chi connectivity index (χ4n) is 8.90. The molecule has 0 aliphatic carbocycles. The molecule has 276 valence electrons. The van der Waals surface area contributed by atoms with Gasteiger partial charge in [-0.3, -0.25) is 0 Å². The molecule has 1 heterocycles. The molecule has 0 radical (unpaired) electrons. The van der Waals surface area contributed by atoms with E-state index in [0.29, 0.717) is 0 Å². The highest BCUT2D eigenvalue weighted by atomic mass is 16.3. The molecule has 1 aromatic heterocycles. The Balaban J connectivity index is 1.27. The highest BCUT2D eigenvalue weighted by Gasteiger charge is 2.24. The molecule has 0 N–H and O–H groups in total. The maximum atomic E-state index is 6.78. The van der Waals surface area contributed by atoms with Gasteiger partial charge in [0.2, 0.25) is 0 Å². The highest BCUT2D eigenvalue weighted by molar-refractivity contribution is 6.23. The molecule has 0 fully saturated rings. The Kier molecular flexibility index (Phi) is 8.03. The van der Waals surface area contributed by atoms with E-state index in [1.54, 1.807) is 0 Å². The summed E-state index contributed by atoms with van der Waals surface area (Å²) in [4.78, 5) is 0. The van der Waals surface area contributed by atoms with E-state index >= 15 is 0 Å². The van der Waals surface area contributed by atoms with Gasteiger partial charge in [0.25, 0.3) is 0 Å². The minimum atomic E-state index is -0.0846. The molecule has 1 heteroatoms. The van der Waals surface area contributed by atoms with E-state index in [0.717, 1.165) is 27.7 Å². The summed E-state index contributed by atoms with van der Waals surface area (Å²) in [7, 11) is 0. The predicted octanol–water partition coefficient (Wildman–Crippen LogP) is 16.3. The van der Waals surface area contributed by atoms with Crippen LogP contribution in [0.1, 0.15) is 52.7 Å². The maximum absolute atomic E-state index is 6.78. The minimum Gasteiger partial charge on any atom is -0.455 e. The average molecular weight is 735 g/mol. The summed E-state index contributed by atoms with van der Waals surface area (Å²) in [5.74, 6) is 0. The number of para-hydroxylation sites is 1. The van der Waals surface area contributed by atoms with Crippen molar-refractivity contribution in [3.05, 3.63) is 181 Å². The van der Waals surface area contributed by atoms with Crippen LogP contribution in [-0.2, 0) is 10.8 Å². The molecule has 0 bridgehead atoms. The summed E-state index contributed by atoms with van der Waals surface area (Å²) >= 11 is 0. The first-order valence-corrected chi connectivity index (χ1v) is 20.2. The molecule has 0 amide bonds. The number of benzene rings is 9. The molecule has 0 aliphatic rings. The Hall–Kier alpha value is -6.44. The fraction of sp³-hybridized carbons (Fsp3) is 0.143. The fourth-order valence-corrected chi connectivity index (χ4v) is 8.90. The van der Waals surface area contributed by atoms with Crippen LogP contribution in [-0.4, -0.2) is 0 Å². The Bertz CT molecular complexity index is 3120. The number of hydrogen-bond donors (Lipinski definition) is 0. The second kappa shape index (κ2) is 13.1. The summed E-state index contributed by atoms with van der Waals surface area (Å²) in [6.07, 6.45) is 0. The molecule has 0 aliphatic heterocycles. The van der Waals surface area contributed by atoms with Gasteiger partial charge in [-0.05, 0) is 117 Å². The van der Waals surface area contributed by atoms with Crippen molar-refractivity contribution in [2.45, 2.75) is 52.4 Å². The average Bonchev–Trinajstić information content (AvgIpc) is 3.62. The second-order valence-corrected chi connectivity index (χ2v) is 17.8. The van der Waals surface area contributed by atoms with Crippen molar-refractivity contribution in [2.24, 2.45) is 0 Å². The van der Waals surface area contributed by atoms with E-state index in [1.165, 1.54) is 82.2 Å². The summed E-state index contributed by atoms with van der Waals surface area (Å²) < 4.78 is 6.78. The zero-order chi connectivity index (χ0) is 39.1. The minimum absolute atomic E-state index is 0.0798. The smallest absolute Gasteiger partial charge is 0.143 e. The van der Waals surface area contributed by atoms with E-state index in [1.807, 2.05) is 0 Å². The van der Waals surface area contributed by atoms with E-state index in [4.69, 9.17) is 4.42 Å². The topological polar surface area (TPSA) is 13.1 Å². The molecule has 0 saturated heterocycles. The second-order valence-electron chi connectivity index (χ2n) is 17.8. The van der Waals surface area contributed by atoms with Crippen LogP contribution in [0, 0.1) is 0 Å². The van der Waals surface area contributed by atoms with Gasteiger partial charge in [-0.15, -0.1) is 0 Å². The normalized spacial score (nSPS) is 12.4. The Labute approximate surface area is 335 Å². The van der Waals surface area contributed by atoms with Crippen LogP contribution in [0.25, 0.3) is 98.8 Å². The van der Waals surface area contributed by atoms with Crippen molar-refractivity contribution >= 4 is 54.3 Å². The van der Waals surface area contributed by atoms with Crippen molar-refractivity contribution in [1.82, 2.24) is 0 Å². The third-order valence-electron chi connectivity index (χ3n) is 11.9. The number of rotatable bonds is 4. The lowest BCUT2D eigenvalue weighted by atomic mass is 9.79. The molecule has 9 aromatic carbocycles. The van der Waals surface area contributed by atoms with Crippen molar-refractivity contribution in [3.8, 4) is 44.5 Å². The van der Waals surface area contributed by atoms with Gasteiger partial charge in [-0.25, -0.2) is 0 Å². The van der Waals surface area contributed by atoms with Gasteiger partial charge in [-0.1, -0.05) is 187 Å². The van der Waals surface area contributed by atoms with E-state index < -0.39 is 0 Å². The largest absolute Gasteiger partial charge is 0.455 e. The summed E-state index contributed by atoms with van der Waals surface area (Å²) in [5.41, 5.74) is 14.0. The van der Waals surface area contributed by atoms with Crippen LogP contribution in [0.4, 0.5) is 0 Å². The zero-order valence-corrected chi connectivity index (χ0v) is 33.6. The standard InChI is InChI=1S/C56H46O/c1-55(2,3)41-30-37(28-39(32-41)49-34-36-20-10-11-21-43(36)53-48-26-16-17-27-50(48)57-54(49)53)38-29-40(33-42(31-38)56(4,5)6)52-46-24-14-12-22-44(46)51(35-18-8-7-9-19-35)45-23-13-15-25-47(45)52/h7-34H,1-6H3. The molecule has 10 rings (SSSR count). The molecule has 1 nitrogen and oxygen atoms in total. The number of hydrogen-bond acceptors (Lipinski definition) is 1. The molecule has 0 atom stereocenters. The molecule has 0 spiro atoms. The van der Waals surface area contributed by atoms with E-state index in [9.17, 15) is 0 Å². The first-order valence-electron chi connectivity index (χ1n) is 20.2. The zero-order valence-electron chi connectivity index (χ0n) is 33.6. The van der Waals surface area contributed by atoms with Crippen molar-refractivity contribution < 1.29 is 4.42 Å². The van der Waals surface area contributed by atoms with Gasteiger partial charge < -0.3 is 4.42 Å². The Morgan fingerprint density at radius 2 is 0.789 bits per heavy atom. The first kappa shape index (κ1) is 35.0. The molecule has 57 heavy (non-hydrogen) atoms. The van der Waals surface area contributed by atoms with Gasteiger partial charge in [0.15, 0.2) is 0 Å². The third kappa shape index (κ3) is 5.92. The molecule has 10 aromatic rings. The summed E-state index contributed by atoms with van der Waals surface area (Å²) in [6, 6.07) is 62.8. The van der Waals surface area contributed by atoms with Gasteiger partial charge in [0.05, 0.1) is 0 Å². The van der Waals surface area contributed by atoms with E-state index in [-0.39, 0.29) is 10.8 Å². The first-order chi connectivity index (χ1) is 27.5. The Morgan fingerprint density at radius 1 is 0.351 bits per heavy atom. The van der Waals surface area contributed by atoms with Gasteiger partial charge in [0.1, 0.15) is 11.2 Å². The molecular weight excluding hydrogens is 689 g/mol. The van der Waals surface area contributed by atoms with Crippen LogP contribution < -0.4 is 0 Å². The molecule has 0 unspecified atom stereocenters. The number of furan rings is 1. The number of fused-ring (bicyclic) bond motifs is 7. The van der Waals surface area contributed by atoms with Gasteiger partial charge in [0, 0.05) is 16.3 Å². The molecular formula is C56H46O. The van der Waals surface area contributed by atoms with Gasteiger partial charge >= 0.3 is 0 Å². The summed E-state index contributed by atoms with van der Waals surface area (Å²) in [6.45, 7) is 13.9. The van der Waals surface area contributed by atoms with Crippen LogP contribution in [0.15, 0.2) is 174 Å². The monoisotopic (exact) mass is 734 g/mol.